The zero-order chi connectivity index (χ0) is 20.9. The van der Waals surface area contributed by atoms with Gasteiger partial charge in [0.1, 0.15) is 5.75 Å². The summed E-state index contributed by atoms with van der Waals surface area (Å²) in [5.74, 6) is 0.267. The van der Waals surface area contributed by atoms with Gasteiger partial charge in [0.05, 0.1) is 24.8 Å². The lowest BCUT2D eigenvalue weighted by Crippen LogP contribution is -2.50. The lowest BCUT2D eigenvalue weighted by Gasteiger charge is -2.35. The Hall–Kier alpha value is -3.32. The predicted octanol–water partition coefficient (Wildman–Crippen LogP) is 2.97. The molecule has 3 aromatic rings. The van der Waals surface area contributed by atoms with Crippen LogP contribution in [0.4, 0.5) is 5.69 Å². The smallest absolute Gasteiger partial charge is 0.262 e. The number of nitrogens with zero attached hydrogens (tertiary/aromatic N) is 1. The van der Waals surface area contributed by atoms with Crippen molar-refractivity contribution < 1.29 is 14.3 Å². The first-order valence-corrected chi connectivity index (χ1v) is 10.6. The van der Waals surface area contributed by atoms with Crippen molar-refractivity contribution in [3.8, 4) is 5.75 Å². The minimum absolute atomic E-state index is 0.121. The van der Waals surface area contributed by atoms with E-state index in [-0.39, 0.29) is 24.4 Å². The number of fused-ring (bicyclic) bond motifs is 1. The number of anilines is 1. The van der Waals surface area contributed by atoms with Gasteiger partial charge in [-0.2, -0.15) is 0 Å². The molecule has 0 bridgehead atoms. The molecule has 6 nitrogen and oxygen atoms in total. The fourth-order valence-corrected chi connectivity index (χ4v) is 4.36. The summed E-state index contributed by atoms with van der Waals surface area (Å²) >= 11 is 1.61. The van der Waals surface area contributed by atoms with Gasteiger partial charge in [0.25, 0.3) is 5.91 Å². The van der Waals surface area contributed by atoms with Crippen molar-refractivity contribution in [3.05, 3.63) is 82.6 Å². The fourth-order valence-electron chi connectivity index (χ4n) is 3.55. The Morgan fingerprint density at radius 1 is 1.10 bits per heavy atom. The first kappa shape index (κ1) is 20.0. The minimum atomic E-state index is -0.667. The van der Waals surface area contributed by atoms with Crippen molar-refractivity contribution in [1.29, 1.82) is 0 Å². The van der Waals surface area contributed by atoms with Gasteiger partial charge >= 0.3 is 0 Å². The maximum Gasteiger partial charge on any atom is 0.262 e. The van der Waals surface area contributed by atoms with Crippen LogP contribution in [-0.4, -0.2) is 38.1 Å². The Morgan fingerprint density at radius 2 is 1.87 bits per heavy atom. The van der Waals surface area contributed by atoms with Gasteiger partial charge in [-0.25, -0.2) is 0 Å². The number of benzene rings is 2. The average molecular weight is 422 g/mol. The third-order valence-corrected chi connectivity index (χ3v) is 5.94. The highest BCUT2D eigenvalue weighted by Crippen LogP contribution is 2.33. The molecule has 0 unspecified atom stereocenters. The van der Waals surface area contributed by atoms with E-state index in [1.54, 1.807) is 18.4 Å². The third kappa shape index (κ3) is 4.31. The molecular weight excluding hydrogens is 398 g/mol. The molecule has 0 spiro atoms. The first-order valence-electron chi connectivity index (χ1n) is 9.75. The molecule has 7 heteroatoms. The molecule has 0 aliphatic carbocycles. The quantitative estimate of drug-likeness (QED) is 0.642. The number of likely N-dealkylation sites (N-methyl/N-ethyl adjacent to an activating group) is 1. The van der Waals surface area contributed by atoms with E-state index in [9.17, 15) is 9.59 Å². The largest absolute Gasteiger partial charge is 0.477 e. The van der Waals surface area contributed by atoms with Crippen LogP contribution in [0, 0.1) is 0 Å². The van der Waals surface area contributed by atoms with Crippen LogP contribution in [0.25, 0.3) is 0 Å². The standard InChI is InChI=1S/C23H23N3O3S/c1-24-23(28)19-14-26(17-10-5-6-11-18(17)29-19)15-21(27)25-22(20-12-7-13-30-20)16-8-3-2-4-9-16/h2-13,19,22H,14-15H2,1H3,(H,24,28)(H,25,27)/t19-,22-/m1/s1. The van der Waals surface area contributed by atoms with Gasteiger partial charge in [0.15, 0.2) is 6.10 Å². The van der Waals surface area contributed by atoms with Gasteiger partial charge in [-0.1, -0.05) is 48.5 Å². The van der Waals surface area contributed by atoms with Gasteiger partial charge < -0.3 is 20.3 Å². The fraction of sp³-hybridized carbons (Fsp3) is 0.217. The van der Waals surface area contributed by atoms with E-state index in [0.717, 1.165) is 16.1 Å². The Labute approximate surface area is 179 Å². The number of rotatable bonds is 6. The van der Waals surface area contributed by atoms with Crippen molar-refractivity contribution in [1.82, 2.24) is 10.6 Å². The van der Waals surface area contributed by atoms with Gasteiger partial charge in [-0.15, -0.1) is 11.3 Å². The number of hydrogen-bond acceptors (Lipinski definition) is 5. The van der Waals surface area contributed by atoms with E-state index < -0.39 is 6.10 Å². The summed E-state index contributed by atoms with van der Waals surface area (Å²) in [4.78, 5) is 28.2. The Bertz CT molecular complexity index is 1010. The van der Waals surface area contributed by atoms with Crippen LogP contribution in [-0.2, 0) is 9.59 Å². The molecule has 2 N–H and O–H groups in total. The van der Waals surface area contributed by atoms with Gasteiger partial charge in [0.2, 0.25) is 5.91 Å². The number of amides is 2. The monoisotopic (exact) mass is 421 g/mol. The second kappa shape index (κ2) is 9.00. The Balaban J connectivity index is 1.54. The average Bonchev–Trinajstić information content (AvgIpc) is 3.32. The summed E-state index contributed by atoms with van der Waals surface area (Å²) in [5.41, 5.74) is 1.83. The topological polar surface area (TPSA) is 70.7 Å². The zero-order valence-corrected chi connectivity index (χ0v) is 17.4. The van der Waals surface area contributed by atoms with Crippen LogP contribution in [0.1, 0.15) is 16.5 Å². The van der Waals surface area contributed by atoms with E-state index in [2.05, 4.69) is 10.6 Å². The molecule has 0 saturated carbocycles. The maximum absolute atomic E-state index is 13.1. The number of hydrogen-bond donors (Lipinski definition) is 2. The first-order chi connectivity index (χ1) is 14.7. The molecule has 1 aliphatic rings. The van der Waals surface area contributed by atoms with Crippen molar-refractivity contribution in [3.63, 3.8) is 0 Å². The van der Waals surface area contributed by atoms with Crippen LogP contribution < -0.4 is 20.3 Å². The van der Waals surface area contributed by atoms with Crippen molar-refractivity contribution in [2.24, 2.45) is 0 Å². The molecule has 1 aromatic heterocycles. The summed E-state index contributed by atoms with van der Waals surface area (Å²) in [5, 5.41) is 7.79. The molecule has 1 aliphatic heterocycles. The zero-order valence-electron chi connectivity index (χ0n) is 16.6. The normalized spacial score (nSPS) is 16.2. The summed E-state index contributed by atoms with van der Waals surface area (Å²) in [6, 6.07) is 21.2. The third-order valence-electron chi connectivity index (χ3n) is 5.00. The number of ether oxygens (including phenoxy) is 1. The van der Waals surface area contributed by atoms with Crippen LogP contribution in [0.5, 0.6) is 5.75 Å². The number of nitrogens with one attached hydrogen (secondary N) is 2. The molecule has 2 heterocycles. The van der Waals surface area contributed by atoms with Crippen molar-refractivity contribution >= 4 is 28.8 Å². The van der Waals surface area contributed by atoms with E-state index in [4.69, 9.17) is 4.74 Å². The summed E-state index contributed by atoms with van der Waals surface area (Å²) in [7, 11) is 1.58. The molecule has 2 atom stereocenters. The number of thiophene rings is 1. The molecule has 154 valence electrons. The minimum Gasteiger partial charge on any atom is -0.477 e. The van der Waals surface area contributed by atoms with E-state index in [1.807, 2.05) is 77.0 Å². The van der Waals surface area contributed by atoms with Gasteiger partial charge in [-0.3, -0.25) is 9.59 Å². The molecule has 2 aromatic carbocycles. The SMILES string of the molecule is CNC(=O)[C@H]1CN(CC(=O)N[C@H](c2ccccc2)c2cccs2)c2ccccc2O1. The molecular formula is C23H23N3O3S. The van der Waals surface area contributed by atoms with E-state index in [1.165, 1.54) is 0 Å². The van der Waals surface area contributed by atoms with Gasteiger partial charge in [-0.05, 0) is 29.1 Å². The number of carbonyl (C=O) groups excluding carboxylic acids is 2. The lowest BCUT2D eigenvalue weighted by atomic mass is 10.1. The second-order valence-corrected chi connectivity index (χ2v) is 7.97. The summed E-state index contributed by atoms with van der Waals surface area (Å²) in [6.07, 6.45) is -0.667. The van der Waals surface area contributed by atoms with Gasteiger partial charge in [0, 0.05) is 11.9 Å². The van der Waals surface area contributed by atoms with E-state index in [0.29, 0.717) is 12.3 Å². The molecule has 0 saturated heterocycles. The number of carbonyl (C=O) groups is 2. The molecule has 0 radical (unpaired) electrons. The van der Waals surface area contributed by atoms with Crippen LogP contribution in [0.2, 0.25) is 0 Å². The number of para-hydroxylation sites is 2. The summed E-state index contributed by atoms with van der Waals surface area (Å²) in [6.45, 7) is 0.432. The molecule has 0 fully saturated rings. The van der Waals surface area contributed by atoms with Crippen LogP contribution >= 0.6 is 11.3 Å². The lowest BCUT2D eigenvalue weighted by molar-refractivity contribution is -0.127. The maximum atomic E-state index is 13.1. The highest BCUT2D eigenvalue weighted by atomic mass is 32.1. The molecule has 30 heavy (non-hydrogen) atoms. The molecule has 4 rings (SSSR count). The van der Waals surface area contributed by atoms with Crippen molar-refractivity contribution in [2.45, 2.75) is 12.1 Å². The Morgan fingerprint density at radius 3 is 2.60 bits per heavy atom. The second-order valence-electron chi connectivity index (χ2n) is 7.00. The highest BCUT2D eigenvalue weighted by Gasteiger charge is 2.31. The summed E-state index contributed by atoms with van der Waals surface area (Å²) < 4.78 is 5.82. The Kier molecular flexibility index (Phi) is 5.99. The predicted molar refractivity (Wildman–Crippen MR) is 118 cm³/mol. The highest BCUT2D eigenvalue weighted by molar-refractivity contribution is 7.10. The van der Waals surface area contributed by atoms with E-state index >= 15 is 0 Å². The molecule has 2 amide bonds. The van der Waals surface area contributed by atoms with Crippen LogP contribution in [0.15, 0.2) is 72.1 Å². The van der Waals surface area contributed by atoms with Crippen LogP contribution in [0.3, 0.4) is 0 Å². The van der Waals surface area contributed by atoms with Crippen molar-refractivity contribution in [2.75, 3.05) is 25.0 Å².